The number of nitrogens with one attached hydrogen (secondary N) is 1. The molecule has 0 rings (SSSR count). The van der Waals surface area contributed by atoms with Gasteiger partial charge in [0.05, 0.1) is 31.3 Å². The molecule has 3 unspecified atom stereocenters. The van der Waals surface area contributed by atoms with Crippen molar-refractivity contribution in [3.63, 3.8) is 0 Å². The normalized spacial score (nSPS) is 14.1. The Labute approximate surface area is 316 Å². The van der Waals surface area contributed by atoms with Crippen LogP contribution in [0, 0.1) is 0 Å². The highest BCUT2D eigenvalue weighted by Gasteiger charge is 2.20. The van der Waals surface area contributed by atoms with Gasteiger partial charge in [-0.25, -0.2) is 0 Å². The summed E-state index contributed by atoms with van der Waals surface area (Å²) in [5.74, 6) is -0.335. The van der Waals surface area contributed by atoms with Gasteiger partial charge in [0, 0.05) is 0 Å². The monoisotopic (exact) mass is 716 g/mol. The first kappa shape index (κ1) is 49.3. The van der Waals surface area contributed by atoms with Crippen LogP contribution < -0.4 is 5.32 Å². The molecule has 0 aromatic heterocycles. The molecule has 4 N–H and O–H groups in total. The van der Waals surface area contributed by atoms with E-state index in [1.165, 1.54) is 135 Å². The zero-order chi connectivity index (χ0) is 37.3. The molecule has 0 bridgehead atoms. The highest BCUT2D eigenvalue weighted by Crippen LogP contribution is 2.14. The molecule has 51 heavy (non-hydrogen) atoms. The lowest BCUT2D eigenvalue weighted by molar-refractivity contribution is -0.124. The second-order valence-electron chi connectivity index (χ2n) is 14.9. The Kier molecular flexibility index (Phi) is 39.7. The van der Waals surface area contributed by atoms with E-state index in [4.69, 9.17) is 0 Å². The maximum absolute atomic E-state index is 12.4. The van der Waals surface area contributed by atoms with E-state index in [-0.39, 0.29) is 18.9 Å². The molecule has 1 amide bonds. The lowest BCUT2D eigenvalue weighted by Gasteiger charge is -2.20. The Morgan fingerprint density at radius 2 is 0.843 bits per heavy atom. The van der Waals surface area contributed by atoms with Crippen LogP contribution in [0.5, 0.6) is 0 Å². The van der Waals surface area contributed by atoms with Gasteiger partial charge in [0.15, 0.2) is 0 Å². The topological polar surface area (TPSA) is 89.8 Å². The van der Waals surface area contributed by atoms with Crippen molar-refractivity contribution >= 4 is 5.91 Å². The molecule has 0 aliphatic rings. The van der Waals surface area contributed by atoms with E-state index >= 15 is 0 Å². The van der Waals surface area contributed by atoms with Crippen molar-refractivity contribution in [3.8, 4) is 0 Å². The standard InChI is InChI=1S/C46H85NO4/c1-3-5-7-9-11-13-15-17-19-21-22-24-25-27-29-31-33-35-37-39-43(49)41-46(51)47-44(42-48)45(50)40-38-36-34-32-30-28-26-23-20-18-16-14-12-10-8-6-4-2/h20,23-25,30,32,38,40,43-45,48-50H,3-19,21-22,26-29,31,33-37,39,41-42H2,1-2H3,(H,47,51)/b23-20+,25-24-,32-30+,40-38+. The third-order valence-corrected chi connectivity index (χ3v) is 9.82. The van der Waals surface area contributed by atoms with Gasteiger partial charge >= 0.3 is 0 Å². The van der Waals surface area contributed by atoms with Crippen molar-refractivity contribution in [2.45, 2.75) is 231 Å². The molecule has 0 fully saturated rings. The summed E-state index contributed by atoms with van der Waals surface area (Å²) in [7, 11) is 0. The van der Waals surface area contributed by atoms with Crippen LogP contribution in [0.3, 0.4) is 0 Å². The number of unbranched alkanes of at least 4 members (excludes halogenated alkanes) is 24. The predicted molar refractivity (Wildman–Crippen MR) is 222 cm³/mol. The first-order valence-corrected chi connectivity index (χ1v) is 21.9. The molecule has 0 saturated carbocycles. The average molecular weight is 716 g/mol. The van der Waals surface area contributed by atoms with Crippen molar-refractivity contribution in [3.05, 3.63) is 48.6 Å². The summed E-state index contributed by atoms with van der Waals surface area (Å²) in [4.78, 5) is 12.4. The number of hydrogen-bond acceptors (Lipinski definition) is 4. The number of aliphatic hydroxyl groups excluding tert-OH is 3. The molecule has 298 valence electrons. The van der Waals surface area contributed by atoms with Crippen molar-refractivity contribution in [1.29, 1.82) is 0 Å². The minimum Gasteiger partial charge on any atom is -0.394 e. The van der Waals surface area contributed by atoms with Crippen LogP contribution in [0.2, 0.25) is 0 Å². The maximum Gasteiger partial charge on any atom is 0.222 e. The Bertz CT molecular complexity index is 835. The highest BCUT2D eigenvalue weighted by atomic mass is 16.3. The largest absolute Gasteiger partial charge is 0.394 e. The molecule has 5 nitrogen and oxygen atoms in total. The van der Waals surface area contributed by atoms with Crippen molar-refractivity contribution in [2.75, 3.05) is 6.61 Å². The summed E-state index contributed by atoms with van der Waals surface area (Å²) in [6.45, 7) is 4.19. The number of hydrogen-bond donors (Lipinski definition) is 4. The van der Waals surface area contributed by atoms with Crippen LogP contribution in [0.25, 0.3) is 0 Å². The lowest BCUT2D eigenvalue weighted by Crippen LogP contribution is -2.45. The van der Waals surface area contributed by atoms with E-state index in [1.54, 1.807) is 6.08 Å². The number of carbonyl (C=O) groups is 1. The second kappa shape index (κ2) is 41.1. The number of rotatable bonds is 39. The van der Waals surface area contributed by atoms with E-state index in [1.807, 2.05) is 6.08 Å². The average Bonchev–Trinajstić information content (AvgIpc) is 3.12. The smallest absolute Gasteiger partial charge is 0.222 e. The van der Waals surface area contributed by atoms with Crippen LogP contribution in [0.1, 0.15) is 213 Å². The van der Waals surface area contributed by atoms with E-state index in [0.717, 1.165) is 51.4 Å². The van der Waals surface area contributed by atoms with Crippen LogP contribution in [-0.2, 0) is 4.79 Å². The first-order valence-electron chi connectivity index (χ1n) is 21.9. The Morgan fingerprint density at radius 3 is 1.25 bits per heavy atom. The van der Waals surface area contributed by atoms with Crippen LogP contribution in [-0.4, -0.2) is 46.1 Å². The molecular weight excluding hydrogens is 631 g/mol. The number of allylic oxidation sites excluding steroid dienone is 7. The van der Waals surface area contributed by atoms with Crippen LogP contribution in [0.15, 0.2) is 48.6 Å². The van der Waals surface area contributed by atoms with E-state index in [9.17, 15) is 20.1 Å². The minimum atomic E-state index is -0.962. The van der Waals surface area contributed by atoms with Gasteiger partial charge < -0.3 is 20.6 Å². The number of amides is 1. The maximum atomic E-state index is 12.4. The molecule has 0 heterocycles. The van der Waals surface area contributed by atoms with Gasteiger partial charge in [-0.2, -0.15) is 0 Å². The van der Waals surface area contributed by atoms with Gasteiger partial charge in [0.1, 0.15) is 0 Å². The third-order valence-electron chi connectivity index (χ3n) is 9.82. The van der Waals surface area contributed by atoms with Gasteiger partial charge in [0.2, 0.25) is 5.91 Å². The fourth-order valence-electron chi connectivity index (χ4n) is 6.42. The van der Waals surface area contributed by atoms with Gasteiger partial charge in [-0.3, -0.25) is 4.79 Å². The van der Waals surface area contributed by atoms with Gasteiger partial charge in [-0.15, -0.1) is 0 Å². The Balaban J connectivity index is 3.75. The molecule has 5 heteroatoms. The van der Waals surface area contributed by atoms with Crippen molar-refractivity contribution in [2.24, 2.45) is 0 Å². The molecule has 0 aromatic rings. The zero-order valence-corrected chi connectivity index (χ0v) is 33.7. The predicted octanol–water partition coefficient (Wildman–Crippen LogP) is 12.5. The second-order valence-corrected chi connectivity index (χ2v) is 14.9. The summed E-state index contributed by atoms with van der Waals surface area (Å²) in [6.07, 6.45) is 52.5. The molecule has 0 aromatic carbocycles. The van der Waals surface area contributed by atoms with E-state index in [0.29, 0.717) is 6.42 Å². The quantitative estimate of drug-likeness (QED) is 0.0377. The molecule has 0 radical (unpaired) electrons. The lowest BCUT2D eigenvalue weighted by atomic mass is 10.0. The fraction of sp³-hybridized carbons (Fsp3) is 0.804. The van der Waals surface area contributed by atoms with Crippen molar-refractivity contribution < 1.29 is 20.1 Å². The Hall–Kier alpha value is -1.69. The van der Waals surface area contributed by atoms with E-state index < -0.39 is 18.2 Å². The zero-order valence-electron chi connectivity index (χ0n) is 33.7. The number of aliphatic hydroxyl groups is 3. The first-order chi connectivity index (χ1) is 25.0. The molecule has 3 atom stereocenters. The Morgan fingerprint density at radius 1 is 0.490 bits per heavy atom. The summed E-state index contributed by atoms with van der Waals surface area (Å²) >= 11 is 0. The highest BCUT2D eigenvalue weighted by molar-refractivity contribution is 5.76. The summed E-state index contributed by atoms with van der Waals surface area (Å²) < 4.78 is 0. The molecule has 0 saturated heterocycles. The van der Waals surface area contributed by atoms with Gasteiger partial charge in [-0.1, -0.05) is 184 Å². The SMILES string of the molecule is CCCCCCCCC/C=C/CC/C=C/CC/C=C/C(O)C(CO)NC(=O)CC(O)CCCCCCC/C=C\CCCCCCCCCCCC. The van der Waals surface area contributed by atoms with Crippen molar-refractivity contribution in [1.82, 2.24) is 5.32 Å². The van der Waals surface area contributed by atoms with Crippen LogP contribution >= 0.6 is 0 Å². The molecule has 0 aliphatic carbocycles. The summed E-state index contributed by atoms with van der Waals surface area (Å²) in [6, 6.07) is -0.770. The summed E-state index contributed by atoms with van der Waals surface area (Å²) in [5, 5.41) is 33.2. The fourth-order valence-corrected chi connectivity index (χ4v) is 6.42. The third kappa shape index (κ3) is 37.9. The van der Waals surface area contributed by atoms with Gasteiger partial charge in [0.25, 0.3) is 0 Å². The molecule has 0 spiro atoms. The van der Waals surface area contributed by atoms with Gasteiger partial charge in [-0.05, 0) is 70.6 Å². The molecular formula is C46H85NO4. The number of carbonyl (C=O) groups excluding carboxylic acids is 1. The summed E-state index contributed by atoms with van der Waals surface area (Å²) in [5.41, 5.74) is 0. The van der Waals surface area contributed by atoms with E-state index in [2.05, 4.69) is 55.6 Å². The molecule has 0 aliphatic heterocycles. The van der Waals surface area contributed by atoms with Crippen LogP contribution in [0.4, 0.5) is 0 Å². The minimum absolute atomic E-state index is 0.00408.